The summed E-state index contributed by atoms with van der Waals surface area (Å²) in [6, 6.07) is 2.66. The minimum atomic E-state index is 0. The molecule has 82 valence electrons. The second kappa shape index (κ2) is 4.38. The fourth-order valence-corrected chi connectivity index (χ4v) is 3.43. The van der Waals surface area contributed by atoms with E-state index in [-0.39, 0.29) is 12.4 Å². The van der Waals surface area contributed by atoms with Gasteiger partial charge in [-0.15, -0.1) is 12.4 Å². The Morgan fingerprint density at radius 2 is 1.50 bits per heavy atom. The number of halogens is 1. The zero-order valence-corrected chi connectivity index (χ0v) is 9.56. The maximum atomic E-state index is 3.72. The zero-order valence-electron chi connectivity index (χ0n) is 8.74. The molecule has 0 aromatic heterocycles. The Morgan fingerprint density at radius 3 is 2.07 bits per heavy atom. The highest BCUT2D eigenvalue weighted by molar-refractivity contribution is 5.85. The summed E-state index contributed by atoms with van der Waals surface area (Å²) in [6.07, 6.45) is 8.62. The van der Waals surface area contributed by atoms with E-state index in [1.54, 1.807) is 0 Å². The van der Waals surface area contributed by atoms with Crippen LogP contribution in [0.25, 0.3) is 0 Å². The predicted octanol–water partition coefficient (Wildman–Crippen LogP) is 1.79. The summed E-state index contributed by atoms with van der Waals surface area (Å²) in [6.45, 7) is 2.76. The fourth-order valence-electron chi connectivity index (χ4n) is 3.43. The van der Waals surface area contributed by atoms with Crippen LogP contribution in [0.3, 0.4) is 0 Å². The summed E-state index contributed by atoms with van der Waals surface area (Å²) >= 11 is 0. The van der Waals surface area contributed by atoms with Crippen LogP contribution in [0.2, 0.25) is 0 Å². The predicted molar refractivity (Wildman–Crippen MR) is 61.0 cm³/mol. The molecule has 14 heavy (non-hydrogen) atoms. The first kappa shape index (κ1) is 10.7. The van der Waals surface area contributed by atoms with Gasteiger partial charge in [0.15, 0.2) is 0 Å². The third kappa shape index (κ3) is 1.93. The van der Waals surface area contributed by atoms with Crippen molar-refractivity contribution in [3.8, 4) is 0 Å². The van der Waals surface area contributed by atoms with Gasteiger partial charge in [0.05, 0.1) is 0 Å². The van der Waals surface area contributed by atoms with Crippen LogP contribution in [0.1, 0.15) is 38.5 Å². The number of piperidine rings is 1. The molecule has 3 fully saturated rings. The molecule has 0 aliphatic carbocycles. The molecule has 0 amide bonds. The first-order valence-electron chi connectivity index (χ1n) is 5.92. The van der Waals surface area contributed by atoms with Crippen LogP contribution in [0.5, 0.6) is 0 Å². The average Bonchev–Trinajstić information content (AvgIpc) is 2.75. The molecule has 2 bridgehead atoms. The monoisotopic (exact) mass is 216 g/mol. The average molecular weight is 217 g/mol. The molecule has 0 spiro atoms. The van der Waals surface area contributed by atoms with Gasteiger partial charge in [0.1, 0.15) is 0 Å². The molecule has 3 aliphatic heterocycles. The topological polar surface area (TPSA) is 15.3 Å². The third-order valence-corrected chi connectivity index (χ3v) is 4.11. The zero-order chi connectivity index (χ0) is 8.67. The molecular formula is C11H21ClN2. The van der Waals surface area contributed by atoms with E-state index in [4.69, 9.17) is 0 Å². The van der Waals surface area contributed by atoms with Crippen LogP contribution < -0.4 is 5.32 Å². The minimum absolute atomic E-state index is 0. The van der Waals surface area contributed by atoms with Gasteiger partial charge in [-0.25, -0.2) is 0 Å². The lowest BCUT2D eigenvalue weighted by Gasteiger charge is -2.35. The van der Waals surface area contributed by atoms with Crippen LogP contribution in [0, 0.1) is 0 Å². The Bertz CT molecular complexity index is 180. The van der Waals surface area contributed by atoms with E-state index in [1.165, 1.54) is 51.6 Å². The van der Waals surface area contributed by atoms with E-state index in [0.717, 1.165) is 18.1 Å². The summed E-state index contributed by atoms with van der Waals surface area (Å²) in [5, 5.41) is 3.72. The van der Waals surface area contributed by atoms with Crippen molar-refractivity contribution in [3.05, 3.63) is 0 Å². The molecule has 2 atom stereocenters. The molecule has 0 aromatic rings. The smallest absolute Gasteiger partial charge is 0.0125 e. The molecule has 0 radical (unpaired) electrons. The largest absolute Gasteiger partial charge is 0.311 e. The quantitative estimate of drug-likeness (QED) is 0.719. The molecule has 3 saturated heterocycles. The molecule has 3 heteroatoms. The standard InChI is InChI=1S/C11H20N2.ClH/c1-2-6-13(5-1)11-7-9-3-4-10(8-11)12-9;/h9-12H,1-8H2;1H. The molecule has 1 N–H and O–H groups in total. The van der Waals surface area contributed by atoms with Crippen molar-refractivity contribution in [1.82, 2.24) is 10.2 Å². The van der Waals surface area contributed by atoms with Crippen molar-refractivity contribution in [1.29, 1.82) is 0 Å². The SMILES string of the molecule is C1CCN(C2CC3CCC(C2)N3)C1.Cl. The summed E-state index contributed by atoms with van der Waals surface area (Å²) in [5.74, 6) is 0. The summed E-state index contributed by atoms with van der Waals surface area (Å²) in [7, 11) is 0. The number of nitrogens with one attached hydrogen (secondary N) is 1. The number of hydrogen-bond acceptors (Lipinski definition) is 2. The number of rotatable bonds is 1. The molecule has 0 aromatic carbocycles. The minimum Gasteiger partial charge on any atom is -0.311 e. The molecule has 2 unspecified atom stereocenters. The Balaban J connectivity index is 0.000000750. The van der Waals surface area contributed by atoms with Gasteiger partial charge in [0.25, 0.3) is 0 Å². The second-order valence-electron chi connectivity index (χ2n) is 5.01. The van der Waals surface area contributed by atoms with Gasteiger partial charge in [-0.1, -0.05) is 0 Å². The van der Waals surface area contributed by atoms with Gasteiger partial charge in [0.2, 0.25) is 0 Å². The summed E-state index contributed by atoms with van der Waals surface area (Å²) < 4.78 is 0. The van der Waals surface area contributed by atoms with Crippen LogP contribution in [0.4, 0.5) is 0 Å². The van der Waals surface area contributed by atoms with Crippen molar-refractivity contribution in [3.63, 3.8) is 0 Å². The van der Waals surface area contributed by atoms with Gasteiger partial charge in [0, 0.05) is 18.1 Å². The van der Waals surface area contributed by atoms with Crippen molar-refractivity contribution in [2.45, 2.75) is 56.7 Å². The number of hydrogen-bond donors (Lipinski definition) is 1. The maximum Gasteiger partial charge on any atom is 0.0125 e. The Labute approximate surface area is 92.8 Å². The van der Waals surface area contributed by atoms with Crippen molar-refractivity contribution >= 4 is 12.4 Å². The lowest BCUT2D eigenvalue weighted by atomic mass is 9.99. The number of fused-ring (bicyclic) bond motifs is 2. The van der Waals surface area contributed by atoms with E-state index in [0.29, 0.717) is 0 Å². The van der Waals surface area contributed by atoms with Gasteiger partial charge in [-0.05, 0) is 51.6 Å². The van der Waals surface area contributed by atoms with Gasteiger partial charge in [-0.2, -0.15) is 0 Å². The van der Waals surface area contributed by atoms with E-state index < -0.39 is 0 Å². The molecule has 0 saturated carbocycles. The van der Waals surface area contributed by atoms with Crippen LogP contribution in [-0.4, -0.2) is 36.1 Å². The van der Waals surface area contributed by atoms with Crippen molar-refractivity contribution in [2.24, 2.45) is 0 Å². The normalized spacial score (nSPS) is 42.4. The van der Waals surface area contributed by atoms with E-state index in [2.05, 4.69) is 10.2 Å². The fraction of sp³-hybridized carbons (Fsp3) is 1.00. The van der Waals surface area contributed by atoms with Crippen LogP contribution in [0.15, 0.2) is 0 Å². The highest BCUT2D eigenvalue weighted by atomic mass is 35.5. The first-order chi connectivity index (χ1) is 6.42. The van der Waals surface area contributed by atoms with Gasteiger partial charge in [-0.3, -0.25) is 0 Å². The summed E-state index contributed by atoms with van der Waals surface area (Å²) in [5.41, 5.74) is 0. The van der Waals surface area contributed by atoms with E-state index in [1.807, 2.05) is 0 Å². The maximum absolute atomic E-state index is 3.72. The third-order valence-electron chi connectivity index (χ3n) is 4.11. The first-order valence-corrected chi connectivity index (χ1v) is 5.92. The molecule has 3 heterocycles. The second-order valence-corrected chi connectivity index (χ2v) is 5.01. The number of nitrogens with zero attached hydrogens (tertiary/aromatic N) is 1. The van der Waals surface area contributed by atoms with Gasteiger partial charge >= 0.3 is 0 Å². The van der Waals surface area contributed by atoms with E-state index >= 15 is 0 Å². The highest BCUT2D eigenvalue weighted by Gasteiger charge is 2.36. The Hall–Kier alpha value is 0.210. The van der Waals surface area contributed by atoms with Crippen LogP contribution in [-0.2, 0) is 0 Å². The summed E-state index contributed by atoms with van der Waals surface area (Å²) in [4.78, 5) is 2.74. The van der Waals surface area contributed by atoms with Gasteiger partial charge < -0.3 is 10.2 Å². The Kier molecular flexibility index (Phi) is 3.35. The number of likely N-dealkylation sites (tertiary alicyclic amines) is 1. The van der Waals surface area contributed by atoms with E-state index in [9.17, 15) is 0 Å². The van der Waals surface area contributed by atoms with Crippen LogP contribution >= 0.6 is 12.4 Å². The Morgan fingerprint density at radius 1 is 0.929 bits per heavy atom. The molecule has 2 nitrogen and oxygen atoms in total. The van der Waals surface area contributed by atoms with Crippen molar-refractivity contribution in [2.75, 3.05) is 13.1 Å². The molecule has 3 rings (SSSR count). The lowest BCUT2D eigenvalue weighted by Crippen LogP contribution is -2.47. The van der Waals surface area contributed by atoms with Crippen molar-refractivity contribution < 1.29 is 0 Å². The molecule has 3 aliphatic rings. The highest BCUT2D eigenvalue weighted by Crippen LogP contribution is 2.31. The molecular weight excluding hydrogens is 196 g/mol. The lowest BCUT2D eigenvalue weighted by molar-refractivity contribution is 0.172.